The van der Waals surface area contributed by atoms with Crippen LogP contribution in [0, 0.1) is 5.41 Å². The second kappa shape index (κ2) is 9.97. The first-order valence-corrected chi connectivity index (χ1v) is 9.24. The fourth-order valence-corrected chi connectivity index (χ4v) is 3.21. The molecule has 140 valence electrons. The molecule has 0 saturated carbocycles. The minimum atomic E-state index is -0.934. The van der Waals surface area contributed by atoms with Gasteiger partial charge < -0.3 is 18.9 Å². The Balaban J connectivity index is 6.22. The maximum absolute atomic E-state index is 6.31. The van der Waals surface area contributed by atoms with Crippen molar-refractivity contribution in [2.45, 2.75) is 92.6 Å². The number of rotatable bonds is 12. The predicted molar refractivity (Wildman–Crippen MR) is 95.8 cm³/mol. The van der Waals surface area contributed by atoms with Gasteiger partial charge in [0.25, 0.3) is 0 Å². The van der Waals surface area contributed by atoms with Gasteiger partial charge in [-0.05, 0) is 46.5 Å². The molecule has 0 aliphatic carbocycles. The summed E-state index contributed by atoms with van der Waals surface area (Å²) in [4.78, 5) is 0. The molecule has 0 aliphatic rings. The van der Waals surface area contributed by atoms with Crippen molar-refractivity contribution in [1.82, 2.24) is 0 Å². The summed E-state index contributed by atoms with van der Waals surface area (Å²) in [6.45, 7) is 21.1. The fourth-order valence-electron chi connectivity index (χ4n) is 3.21. The molecule has 0 aromatic heterocycles. The lowest BCUT2D eigenvalue weighted by Crippen LogP contribution is -2.69. The van der Waals surface area contributed by atoms with E-state index in [9.17, 15) is 0 Å². The van der Waals surface area contributed by atoms with Crippen molar-refractivity contribution in [2.24, 2.45) is 5.41 Å². The zero-order chi connectivity index (χ0) is 18.1. The molecule has 0 radical (unpaired) electrons. The average molecular weight is 333 g/mol. The molecule has 0 N–H and O–H groups in total. The summed E-state index contributed by atoms with van der Waals surface area (Å²) in [5.41, 5.74) is -0.827. The van der Waals surface area contributed by atoms with E-state index in [0.29, 0.717) is 26.4 Å². The van der Waals surface area contributed by atoms with Gasteiger partial charge in [0.2, 0.25) is 5.79 Å². The summed E-state index contributed by atoms with van der Waals surface area (Å²) < 4.78 is 25.0. The van der Waals surface area contributed by atoms with Gasteiger partial charge >= 0.3 is 0 Å². The Bertz CT molecular complexity index is 299. The third kappa shape index (κ3) is 4.91. The van der Waals surface area contributed by atoms with Crippen molar-refractivity contribution in [3.05, 3.63) is 0 Å². The summed E-state index contributed by atoms with van der Waals surface area (Å²) >= 11 is 0. The van der Waals surface area contributed by atoms with E-state index in [1.54, 1.807) is 0 Å². The topological polar surface area (TPSA) is 36.9 Å². The highest BCUT2D eigenvalue weighted by molar-refractivity contribution is 5.05. The first-order valence-electron chi connectivity index (χ1n) is 9.24. The predicted octanol–water partition coefficient (Wildman–Crippen LogP) is 4.80. The molecule has 4 nitrogen and oxygen atoms in total. The first kappa shape index (κ1) is 22.8. The van der Waals surface area contributed by atoms with Crippen LogP contribution in [-0.4, -0.2) is 43.9 Å². The van der Waals surface area contributed by atoms with Crippen LogP contribution >= 0.6 is 0 Å². The first-order chi connectivity index (χ1) is 10.7. The number of hydrogen-bond donors (Lipinski definition) is 0. The standard InChI is InChI=1S/C19H40O4/c1-10-15-16(20-11-2)19(22-13-4,23-14-5)18(9,21-12-3)17(6,7)8/h16H,10-15H2,1-9H3. The molecule has 2 atom stereocenters. The monoisotopic (exact) mass is 332 g/mol. The van der Waals surface area contributed by atoms with E-state index in [4.69, 9.17) is 18.9 Å². The van der Waals surface area contributed by atoms with Gasteiger partial charge in [0.15, 0.2) is 0 Å². The van der Waals surface area contributed by atoms with Crippen LogP contribution in [0.1, 0.15) is 75.2 Å². The van der Waals surface area contributed by atoms with Crippen molar-refractivity contribution in [1.29, 1.82) is 0 Å². The molecule has 0 saturated heterocycles. The van der Waals surface area contributed by atoms with E-state index < -0.39 is 11.4 Å². The molecule has 0 spiro atoms. The van der Waals surface area contributed by atoms with Crippen LogP contribution in [0.5, 0.6) is 0 Å². The fraction of sp³-hybridized carbons (Fsp3) is 1.00. The zero-order valence-corrected chi connectivity index (χ0v) is 17.0. The second-order valence-electron chi connectivity index (χ2n) is 6.98. The van der Waals surface area contributed by atoms with Crippen molar-refractivity contribution in [2.75, 3.05) is 26.4 Å². The van der Waals surface area contributed by atoms with E-state index in [-0.39, 0.29) is 11.5 Å². The van der Waals surface area contributed by atoms with Crippen molar-refractivity contribution in [3.8, 4) is 0 Å². The summed E-state index contributed by atoms with van der Waals surface area (Å²) in [7, 11) is 0. The molecule has 0 bridgehead atoms. The van der Waals surface area contributed by atoms with Crippen LogP contribution in [0.3, 0.4) is 0 Å². The Morgan fingerprint density at radius 3 is 1.48 bits per heavy atom. The Labute approximate surface area is 144 Å². The van der Waals surface area contributed by atoms with Gasteiger partial charge in [-0.3, -0.25) is 0 Å². The van der Waals surface area contributed by atoms with Crippen molar-refractivity contribution >= 4 is 0 Å². The quantitative estimate of drug-likeness (QED) is 0.481. The molecule has 2 unspecified atom stereocenters. The Morgan fingerprint density at radius 2 is 1.17 bits per heavy atom. The molecule has 0 fully saturated rings. The Kier molecular flexibility index (Phi) is 9.90. The van der Waals surface area contributed by atoms with E-state index in [1.165, 1.54) is 0 Å². The van der Waals surface area contributed by atoms with Crippen LogP contribution in [0.15, 0.2) is 0 Å². The SMILES string of the molecule is CCCC(OCC)C(OCC)(OCC)C(C)(OCC)C(C)(C)C. The van der Waals surface area contributed by atoms with Gasteiger partial charge in [-0.25, -0.2) is 0 Å². The van der Waals surface area contributed by atoms with Gasteiger partial charge in [-0.2, -0.15) is 0 Å². The molecule has 0 aromatic rings. The van der Waals surface area contributed by atoms with E-state index in [2.05, 4.69) is 34.6 Å². The molecule has 4 heteroatoms. The maximum atomic E-state index is 6.31. The van der Waals surface area contributed by atoms with Crippen LogP contribution in [0.2, 0.25) is 0 Å². The number of hydrogen-bond acceptors (Lipinski definition) is 4. The van der Waals surface area contributed by atoms with Crippen LogP contribution < -0.4 is 0 Å². The Morgan fingerprint density at radius 1 is 0.696 bits per heavy atom. The minimum Gasteiger partial charge on any atom is -0.373 e. The molecular weight excluding hydrogens is 292 g/mol. The van der Waals surface area contributed by atoms with E-state index in [1.807, 2.05) is 27.7 Å². The highest BCUT2D eigenvalue weighted by Crippen LogP contribution is 2.48. The minimum absolute atomic E-state index is 0.173. The van der Waals surface area contributed by atoms with E-state index >= 15 is 0 Å². The molecule has 0 amide bonds. The summed E-state index contributed by atoms with van der Waals surface area (Å²) in [6.07, 6.45) is 1.69. The molecule has 0 aliphatic heterocycles. The lowest BCUT2D eigenvalue weighted by molar-refractivity contribution is -0.383. The summed E-state index contributed by atoms with van der Waals surface area (Å²) in [6, 6.07) is 0. The highest BCUT2D eigenvalue weighted by atomic mass is 16.7. The maximum Gasteiger partial charge on any atom is 0.225 e. The van der Waals surface area contributed by atoms with Crippen LogP contribution in [0.4, 0.5) is 0 Å². The zero-order valence-electron chi connectivity index (χ0n) is 17.0. The van der Waals surface area contributed by atoms with Gasteiger partial charge in [-0.1, -0.05) is 34.1 Å². The van der Waals surface area contributed by atoms with E-state index in [0.717, 1.165) is 12.8 Å². The largest absolute Gasteiger partial charge is 0.373 e. The van der Waals surface area contributed by atoms with Gasteiger partial charge in [0, 0.05) is 26.4 Å². The lowest BCUT2D eigenvalue weighted by atomic mass is 9.69. The Hall–Kier alpha value is -0.160. The lowest BCUT2D eigenvalue weighted by Gasteiger charge is -2.56. The summed E-state index contributed by atoms with van der Waals surface area (Å²) in [5, 5.41) is 0. The molecule has 0 aromatic carbocycles. The third-order valence-electron chi connectivity index (χ3n) is 4.59. The van der Waals surface area contributed by atoms with Gasteiger partial charge in [0.1, 0.15) is 11.7 Å². The normalized spacial score (nSPS) is 17.1. The van der Waals surface area contributed by atoms with Crippen molar-refractivity contribution in [3.63, 3.8) is 0 Å². The molecule has 23 heavy (non-hydrogen) atoms. The molecule has 0 rings (SSSR count). The van der Waals surface area contributed by atoms with Crippen LogP contribution in [0.25, 0.3) is 0 Å². The number of ether oxygens (including phenoxy) is 4. The second-order valence-corrected chi connectivity index (χ2v) is 6.98. The van der Waals surface area contributed by atoms with Crippen molar-refractivity contribution < 1.29 is 18.9 Å². The third-order valence-corrected chi connectivity index (χ3v) is 4.59. The smallest absolute Gasteiger partial charge is 0.225 e. The average Bonchev–Trinajstić information content (AvgIpc) is 2.45. The summed E-state index contributed by atoms with van der Waals surface area (Å²) in [5.74, 6) is -0.934. The van der Waals surface area contributed by atoms with Gasteiger partial charge in [0.05, 0.1) is 0 Å². The van der Waals surface area contributed by atoms with Crippen LogP contribution in [-0.2, 0) is 18.9 Å². The molecule has 0 heterocycles. The van der Waals surface area contributed by atoms with Gasteiger partial charge in [-0.15, -0.1) is 0 Å². The molecular formula is C19H40O4. The highest BCUT2D eigenvalue weighted by Gasteiger charge is 2.62.